The summed E-state index contributed by atoms with van der Waals surface area (Å²) in [5.41, 5.74) is -2.29. The van der Waals surface area contributed by atoms with Gasteiger partial charge in [-0.2, -0.15) is 0 Å². The molecule has 0 aliphatic heterocycles. The third-order valence-corrected chi connectivity index (χ3v) is 2.66. The van der Waals surface area contributed by atoms with Crippen LogP contribution in [0.3, 0.4) is 0 Å². The molecule has 9 nitrogen and oxygen atoms in total. The van der Waals surface area contributed by atoms with Crippen LogP contribution in [0.2, 0.25) is 0 Å². The number of H-pyrrole nitrogens is 2. The number of carbonyl (C=O) groups is 1. The first kappa shape index (κ1) is 14.3. The molecular formula is C12H11N3O6. The van der Waals surface area contributed by atoms with Gasteiger partial charge in [0.1, 0.15) is 5.75 Å². The molecule has 2 rings (SSSR count). The predicted octanol–water partition coefficient (Wildman–Crippen LogP) is -0.781. The van der Waals surface area contributed by atoms with Crippen molar-refractivity contribution < 1.29 is 20.1 Å². The van der Waals surface area contributed by atoms with Crippen LogP contribution in [0.25, 0.3) is 0 Å². The molecule has 0 saturated heterocycles. The smallest absolute Gasteiger partial charge is 0.328 e. The molecule has 0 aliphatic rings. The minimum Gasteiger partial charge on any atom is -0.508 e. The van der Waals surface area contributed by atoms with Crippen molar-refractivity contribution in [2.45, 2.75) is 6.61 Å². The Bertz CT molecular complexity index is 807. The van der Waals surface area contributed by atoms with Crippen LogP contribution in [-0.4, -0.2) is 31.2 Å². The molecule has 0 spiro atoms. The summed E-state index contributed by atoms with van der Waals surface area (Å²) >= 11 is 0. The van der Waals surface area contributed by atoms with Gasteiger partial charge in [-0.25, -0.2) is 4.79 Å². The highest BCUT2D eigenvalue weighted by molar-refractivity contribution is 6.05. The maximum Gasteiger partial charge on any atom is 0.328 e. The summed E-state index contributed by atoms with van der Waals surface area (Å²) in [6.07, 6.45) is 0. The van der Waals surface area contributed by atoms with Gasteiger partial charge in [-0.05, 0) is 18.2 Å². The lowest BCUT2D eigenvalue weighted by molar-refractivity contribution is 0.102. The highest BCUT2D eigenvalue weighted by atomic mass is 16.3. The van der Waals surface area contributed by atoms with Gasteiger partial charge in [0.05, 0.1) is 6.61 Å². The van der Waals surface area contributed by atoms with Crippen molar-refractivity contribution in [1.29, 1.82) is 0 Å². The van der Waals surface area contributed by atoms with Crippen LogP contribution in [0.1, 0.15) is 15.9 Å². The minimum absolute atomic E-state index is 0.153. The van der Waals surface area contributed by atoms with Gasteiger partial charge in [-0.1, -0.05) is 0 Å². The number of anilines is 1. The first-order valence-electron chi connectivity index (χ1n) is 5.72. The average molecular weight is 293 g/mol. The molecule has 1 aromatic carbocycles. The van der Waals surface area contributed by atoms with E-state index in [-0.39, 0.29) is 17.0 Å². The lowest BCUT2D eigenvalue weighted by Gasteiger charge is -2.08. The van der Waals surface area contributed by atoms with Gasteiger partial charge in [-0.15, -0.1) is 0 Å². The van der Waals surface area contributed by atoms with Gasteiger partial charge in [0.25, 0.3) is 11.5 Å². The second-order valence-corrected chi connectivity index (χ2v) is 4.09. The van der Waals surface area contributed by atoms with Crippen LogP contribution in [-0.2, 0) is 6.61 Å². The number of amides is 1. The van der Waals surface area contributed by atoms with E-state index in [0.717, 1.165) is 0 Å². The molecule has 0 aliphatic carbocycles. The largest absolute Gasteiger partial charge is 0.508 e. The Labute approximate surface area is 116 Å². The first-order valence-corrected chi connectivity index (χ1v) is 5.72. The van der Waals surface area contributed by atoms with E-state index < -0.39 is 35.2 Å². The number of aromatic hydroxyl groups is 2. The number of hydrogen-bond donors (Lipinski definition) is 6. The molecule has 6 N–H and O–H groups in total. The number of hydrogen-bond acceptors (Lipinski definition) is 6. The lowest BCUT2D eigenvalue weighted by atomic mass is 10.2. The molecule has 21 heavy (non-hydrogen) atoms. The zero-order chi connectivity index (χ0) is 15.6. The standard InChI is InChI=1S/C12H11N3O6/c16-4-5-3-6(1-2-7(5)17)13-9(18)8-10(19)14-12(21)15-11(8)20/h1-3,16-17H,4H2,(H,13,18)(H3,14,15,19,20,21). The third-order valence-electron chi connectivity index (χ3n) is 2.66. The summed E-state index contributed by atoms with van der Waals surface area (Å²) in [5, 5.41) is 30.1. The fourth-order valence-corrected chi connectivity index (χ4v) is 1.67. The normalized spacial score (nSPS) is 10.3. The molecule has 9 heteroatoms. The Morgan fingerprint density at radius 2 is 1.90 bits per heavy atom. The van der Waals surface area contributed by atoms with Gasteiger partial charge in [-0.3, -0.25) is 19.6 Å². The highest BCUT2D eigenvalue weighted by Crippen LogP contribution is 2.22. The molecule has 0 saturated carbocycles. The summed E-state index contributed by atoms with van der Waals surface area (Å²) in [6, 6.07) is 3.88. The maximum atomic E-state index is 11.9. The summed E-state index contributed by atoms with van der Waals surface area (Å²) in [6.45, 7) is -0.444. The molecule has 1 aromatic heterocycles. The fraction of sp³-hybridized carbons (Fsp3) is 0.0833. The Morgan fingerprint density at radius 3 is 2.52 bits per heavy atom. The van der Waals surface area contributed by atoms with E-state index >= 15 is 0 Å². The van der Waals surface area contributed by atoms with E-state index in [1.807, 2.05) is 9.97 Å². The molecule has 0 fully saturated rings. The number of benzene rings is 1. The van der Waals surface area contributed by atoms with Crippen LogP contribution in [0.15, 0.2) is 27.8 Å². The van der Waals surface area contributed by atoms with E-state index in [2.05, 4.69) is 5.32 Å². The topological polar surface area (TPSA) is 156 Å². The van der Waals surface area contributed by atoms with Gasteiger partial charge >= 0.3 is 5.69 Å². The van der Waals surface area contributed by atoms with Crippen molar-refractivity contribution >= 4 is 11.6 Å². The molecule has 1 amide bonds. The van der Waals surface area contributed by atoms with Crippen LogP contribution < -0.4 is 16.6 Å². The van der Waals surface area contributed by atoms with E-state index in [0.29, 0.717) is 0 Å². The van der Waals surface area contributed by atoms with Crippen molar-refractivity contribution in [2.75, 3.05) is 5.32 Å². The van der Waals surface area contributed by atoms with Gasteiger partial charge in [0, 0.05) is 11.3 Å². The zero-order valence-electron chi connectivity index (χ0n) is 10.5. The summed E-state index contributed by atoms with van der Waals surface area (Å²) in [4.78, 5) is 38.0. The monoisotopic (exact) mass is 293 g/mol. The van der Waals surface area contributed by atoms with Crippen molar-refractivity contribution in [2.24, 2.45) is 0 Å². The van der Waals surface area contributed by atoms with Crippen molar-refractivity contribution in [1.82, 2.24) is 9.97 Å². The van der Waals surface area contributed by atoms with E-state index in [1.54, 1.807) is 0 Å². The fourth-order valence-electron chi connectivity index (χ4n) is 1.67. The number of nitrogens with one attached hydrogen (secondary N) is 3. The SMILES string of the molecule is O=C(Nc1ccc(O)c(CO)c1)c1c(O)[nH]c(=O)[nH]c1=O. The molecule has 110 valence electrons. The molecule has 0 bridgehead atoms. The molecule has 2 aromatic rings. The number of rotatable bonds is 3. The van der Waals surface area contributed by atoms with Crippen LogP contribution in [0.5, 0.6) is 11.6 Å². The predicted molar refractivity (Wildman–Crippen MR) is 71.3 cm³/mol. The van der Waals surface area contributed by atoms with Crippen LogP contribution in [0.4, 0.5) is 5.69 Å². The number of aromatic nitrogens is 2. The van der Waals surface area contributed by atoms with Gasteiger partial charge in [0.2, 0.25) is 5.88 Å². The molecule has 1 heterocycles. The van der Waals surface area contributed by atoms with Crippen LogP contribution >= 0.6 is 0 Å². The molecule has 0 unspecified atom stereocenters. The number of phenols is 1. The van der Waals surface area contributed by atoms with Gasteiger partial charge in [0.15, 0.2) is 5.56 Å². The average Bonchev–Trinajstić information content (AvgIpc) is 2.39. The Kier molecular flexibility index (Phi) is 3.76. The second-order valence-electron chi connectivity index (χ2n) is 4.09. The number of aliphatic hydroxyl groups is 1. The highest BCUT2D eigenvalue weighted by Gasteiger charge is 2.18. The molecule has 0 atom stereocenters. The number of aromatic amines is 2. The second kappa shape index (κ2) is 5.51. The first-order chi connectivity index (χ1) is 9.92. The van der Waals surface area contributed by atoms with E-state index in [4.69, 9.17) is 5.11 Å². The Hall–Kier alpha value is -3.07. The molecular weight excluding hydrogens is 282 g/mol. The lowest BCUT2D eigenvalue weighted by Crippen LogP contribution is -2.30. The summed E-state index contributed by atoms with van der Waals surface area (Å²) in [5.74, 6) is -1.97. The Morgan fingerprint density at radius 1 is 1.19 bits per heavy atom. The third kappa shape index (κ3) is 2.92. The molecule has 0 radical (unpaired) electrons. The van der Waals surface area contributed by atoms with E-state index in [9.17, 15) is 24.6 Å². The number of aliphatic hydroxyl groups excluding tert-OH is 1. The van der Waals surface area contributed by atoms with Crippen LogP contribution in [0, 0.1) is 0 Å². The summed E-state index contributed by atoms with van der Waals surface area (Å²) in [7, 11) is 0. The quantitative estimate of drug-likeness (QED) is 0.408. The maximum absolute atomic E-state index is 11.9. The summed E-state index contributed by atoms with van der Waals surface area (Å²) < 4.78 is 0. The van der Waals surface area contributed by atoms with Gasteiger partial charge < -0.3 is 20.6 Å². The zero-order valence-corrected chi connectivity index (χ0v) is 10.5. The number of carbonyl (C=O) groups excluding carboxylic acids is 1. The van der Waals surface area contributed by atoms with Crippen molar-refractivity contribution in [3.63, 3.8) is 0 Å². The van der Waals surface area contributed by atoms with E-state index in [1.165, 1.54) is 18.2 Å². The van der Waals surface area contributed by atoms with Crippen molar-refractivity contribution in [3.8, 4) is 11.6 Å². The van der Waals surface area contributed by atoms with Crippen molar-refractivity contribution in [3.05, 3.63) is 50.2 Å². The Balaban J connectivity index is 2.35. The minimum atomic E-state index is -1.05.